The summed E-state index contributed by atoms with van der Waals surface area (Å²) in [5.74, 6) is 0.697. The van der Waals surface area contributed by atoms with Crippen LogP contribution in [0.25, 0.3) is 10.9 Å². The minimum absolute atomic E-state index is 0.0306. The van der Waals surface area contributed by atoms with Crippen LogP contribution in [-0.2, 0) is 9.53 Å². The molecule has 3 aromatic rings. The number of morpholine rings is 1. The van der Waals surface area contributed by atoms with Crippen molar-refractivity contribution in [1.82, 2.24) is 4.98 Å². The number of aryl methyl sites for hydroxylation is 1. The third kappa shape index (κ3) is 3.39. The third-order valence-corrected chi connectivity index (χ3v) is 4.50. The lowest BCUT2D eigenvalue weighted by Gasteiger charge is -2.32. The van der Waals surface area contributed by atoms with Crippen molar-refractivity contribution in [2.45, 2.75) is 13.0 Å². The van der Waals surface area contributed by atoms with E-state index in [4.69, 9.17) is 9.47 Å². The van der Waals surface area contributed by atoms with Crippen molar-refractivity contribution in [3.63, 3.8) is 0 Å². The first-order chi connectivity index (χ1) is 12.7. The molecule has 0 N–H and O–H groups in total. The van der Waals surface area contributed by atoms with Crippen molar-refractivity contribution in [3.8, 4) is 5.75 Å². The summed E-state index contributed by atoms with van der Waals surface area (Å²) in [6, 6.07) is 17.7. The minimum atomic E-state index is -0.187. The molecule has 1 saturated heterocycles. The molecule has 1 atom stereocenters. The second kappa shape index (κ2) is 7.14. The molecule has 0 bridgehead atoms. The van der Waals surface area contributed by atoms with E-state index in [0.29, 0.717) is 13.2 Å². The fraction of sp³-hybridized carbons (Fsp3) is 0.238. The zero-order valence-corrected chi connectivity index (χ0v) is 14.6. The molecule has 5 heteroatoms. The highest BCUT2D eigenvalue weighted by Gasteiger charge is 2.28. The zero-order valence-electron chi connectivity index (χ0n) is 14.6. The number of rotatable bonds is 4. The molecule has 0 radical (unpaired) electrons. The number of nitrogens with zero attached hydrogens (tertiary/aromatic N) is 2. The van der Waals surface area contributed by atoms with E-state index in [0.717, 1.165) is 27.9 Å². The summed E-state index contributed by atoms with van der Waals surface area (Å²) in [5.41, 5.74) is 2.89. The number of anilines is 1. The van der Waals surface area contributed by atoms with E-state index in [2.05, 4.69) is 4.98 Å². The van der Waals surface area contributed by atoms with Gasteiger partial charge in [-0.1, -0.05) is 35.9 Å². The summed E-state index contributed by atoms with van der Waals surface area (Å²) in [5, 5.41) is 1.03. The van der Waals surface area contributed by atoms with E-state index in [1.165, 1.54) is 0 Å². The van der Waals surface area contributed by atoms with Crippen LogP contribution < -0.4 is 9.64 Å². The number of hydrogen-bond donors (Lipinski definition) is 0. The topological polar surface area (TPSA) is 51.7 Å². The molecule has 132 valence electrons. The Morgan fingerprint density at radius 1 is 1.15 bits per heavy atom. The van der Waals surface area contributed by atoms with E-state index in [1.807, 2.05) is 61.5 Å². The molecular weight excluding hydrogens is 328 g/mol. The van der Waals surface area contributed by atoms with Crippen LogP contribution in [0.15, 0.2) is 60.8 Å². The summed E-state index contributed by atoms with van der Waals surface area (Å²) in [4.78, 5) is 18.4. The molecule has 0 unspecified atom stereocenters. The Bertz CT molecular complexity index is 919. The van der Waals surface area contributed by atoms with Crippen molar-refractivity contribution in [1.29, 1.82) is 0 Å². The van der Waals surface area contributed by atoms with E-state index in [-0.39, 0.29) is 18.6 Å². The molecule has 1 aromatic heterocycles. The number of fused-ring (bicyclic) bond motifs is 1. The lowest BCUT2D eigenvalue weighted by Crippen LogP contribution is -2.48. The van der Waals surface area contributed by atoms with Crippen molar-refractivity contribution in [3.05, 3.63) is 66.4 Å². The summed E-state index contributed by atoms with van der Waals surface area (Å²) in [7, 11) is 0. The van der Waals surface area contributed by atoms with Crippen LogP contribution in [0.1, 0.15) is 5.56 Å². The summed E-state index contributed by atoms with van der Waals surface area (Å²) in [6.07, 6.45) is 1.57. The molecule has 1 fully saturated rings. The highest BCUT2D eigenvalue weighted by atomic mass is 16.5. The van der Waals surface area contributed by atoms with Crippen LogP contribution in [-0.4, -0.2) is 36.8 Å². The first kappa shape index (κ1) is 16.5. The van der Waals surface area contributed by atoms with Gasteiger partial charge in [0.25, 0.3) is 5.91 Å². The Hall–Kier alpha value is -2.92. The molecule has 4 rings (SSSR count). The van der Waals surface area contributed by atoms with Crippen LogP contribution in [0.5, 0.6) is 5.75 Å². The summed E-state index contributed by atoms with van der Waals surface area (Å²) < 4.78 is 11.6. The molecular formula is C21H20N2O3. The van der Waals surface area contributed by atoms with Gasteiger partial charge in [0.15, 0.2) is 0 Å². The van der Waals surface area contributed by atoms with Crippen LogP contribution in [0.4, 0.5) is 5.69 Å². The molecule has 0 saturated carbocycles. The average molecular weight is 348 g/mol. The lowest BCUT2D eigenvalue weighted by molar-refractivity contribution is -0.130. The summed E-state index contributed by atoms with van der Waals surface area (Å²) >= 11 is 0. The number of hydrogen-bond acceptors (Lipinski definition) is 4. The Morgan fingerprint density at radius 2 is 1.96 bits per heavy atom. The molecule has 2 heterocycles. The molecule has 0 spiro atoms. The van der Waals surface area contributed by atoms with Gasteiger partial charge in [-0.25, -0.2) is 0 Å². The second-order valence-corrected chi connectivity index (χ2v) is 6.42. The van der Waals surface area contributed by atoms with Gasteiger partial charge in [0.05, 0.1) is 6.54 Å². The van der Waals surface area contributed by atoms with E-state index in [9.17, 15) is 4.79 Å². The smallest absolute Gasteiger partial charge is 0.253 e. The van der Waals surface area contributed by atoms with Gasteiger partial charge in [-0.2, -0.15) is 0 Å². The number of ether oxygens (including phenoxy) is 2. The second-order valence-electron chi connectivity index (χ2n) is 6.42. The highest BCUT2D eigenvalue weighted by Crippen LogP contribution is 2.24. The Morgan fingerprint density at radius 3 is 2.81 bits per heavy atom. The van der Waals surface area contributed by atoms with Crippen molar-refractivity contribution in [2.75, 3.05) is 24.7 Å². The normalized spacial score (nSPS) is 17.5. The number of carbonyl (C=O) groups is 1. The number of pyridine rings is 1. The van der Waals surface area contributed by atoms with Crippen molar-refractivity contribution >= 4 is 22.5 Å². The molecule has 1 amide bonds. The molecule has 2 aromatic carbocycles. The maximum atomic E-state index is 12.2. The molecule has 0 aliphatic carbocycles. The summed E-state index contributed by atoms with van der Waals surface area (Å²) in [6.45, 7) is 2.93. The maximum absolute atomic E-state index is 12.2. The van der Waals surface area contributed by atoms with Gasteiger partial charge in [-0.3, -0.25) is 9.78 Å². The van der Waals surface area contributed by atoms with Gasteiger partial charge in [0, 0.05) is 17.3 Å². The SMILES string of the molecule is Cc1ccc(N2C[C@@H](COc3cccc4cccnc34)OCC2=O)cc1. The average Bonchev–Trinajstić information content (AvgIpc) is 2.68. The molecule has 1 aliphatic heterocycles. The third-order valence-electron chi connectivity index (χ3n) is 4.50. The van der Waals surface area contributed by atoms with Gasteiger partial charge in [0.2, 0.25) is 0 Å². The monoisotopic (exact) mass is 348 g/mol. The van der Waals surface area contributed by atoms with Crippen molar-refractivity contribution < 1.29 is 14.3 Å². The fourth-order valence-corrected chi connectivity index (χ4v) is 3.08. The van der Waals surface area contributed by atoms with Gasteiger partial charge in [0.1, 0.15) is 30.6 Å². The fourth-order valence-electron chi connectivity index (χ4n) is 3.08. The first-order valence-corrected chi connectivity index (χ1v) is 8.66. The minimum Gasteiger partial charge on any atom is -0.489 e. The van der Waals surface area contributed by atoms with Gasteiger partial charge in [-0.05, 0) is 31.2 Å². The first-order valence-electron chi connectivity index (χ1n) is 8.66. The Kier molecular flexibility index (Phi) is 4.54. The predicted molar refractivity (Wildman–Crippen MR) is 101 cm³/mol. The predicted octanol–water partition coefficient (Wildman–Crippen LogP) is 3.35. The number of carbonyl (C=O) groups excluding carboxylic acids is 1. The Labute approximate surface area is 152 Å². The largest absolute Gasteiger partial charge is 0.489 e. The quantitative estimate of drug-likeness (QED) is 0.725. The standard InChI is InChI=1S/C21H20N2O3/c1-15-7-9-17(10-8-15)23-12-18(25-14-20(23)24)13-26-19-6-2-4-16-5-3-11-22-21(16)19/h2-11,18H,12-14H2,1H3/t18-/m0/s1. The maximum Gasteiger partial charge on any atom is 0.253 e. The van der Waals surface area contributed by atoms with Gasteiger partial charge in [-0.15, -0.1) is 0 Å². The number of amides is 1. The Balaban J connectivity index is 1.46. The van der Waals surface area contributed by atoms with Crippen LogP contribution in [0, 0.1) is 6.92 Å². The van der Waals surface area contributed by atoms with Gasteiger partial charge < -0.3 is 14.4 Å². The van der Waals surface area contributed by atoms with Crippen LogP contribution in [0.3, 0.4) is 0 Å². The zero-order chi connectivity index (χ0) is 17.9. The van der Waals surface area contributed by atoms with E-state index in [1.54, 1.807) is 11.1 Å². The van der Waals surface area contributed by atoms with Gasteiger partial charge >= 0.3 is 0 Å². The van der Waals surface area contributed by atoms with Crippen LogP contribution in [0.2, 0.25) is 0 Å². The number of benzene rings is 2. The van der Waals surface area contributed by atoms with E-state index >= 15 is 0 Å². The number of para-hydroxylation sites is 1. The lowest BCUT2D eigenvalue weighted by atomic mass is 10.2. The van der Waals surface area contributed by atoms with E-state index < -0.39 is 0 Å². The van der Waals surface area contributed by atoms with Crippen molar-refractivity contribution in [2.24, 2.45) is 0 Å². The molecule has 5 nitrogen and oxygen atoms in total. The molecule has 1 aliphatic rings. The molecule has 26 heavy (non-hydrogen) atoms. The van der Waals surface area contributed by atoms with Crippen LogP contribution >= 0.6 is 0 Å². The number of aromatic nitrogens is 1. The highest BCUT2D eigenvalue weighted by molar-refractivity contribution is 5.95.